The van der Waals surface area contributed by atoms with E-state index < -0.39 is 18.1 Å². The first-order chi connectivity index (χ1) is 38.8. The fraction of sp³-hybridized carbons (Fsp3) is 0. The molecule has 340 valence electrons. The van der Waals surface area contributed by atoms with E-state index in [-0.39, 0.29) is 23.2 Å². The fourth-order valence-corrected chi connectivity index (χ4v) is 14.8. The van der Waals surface area contributed by atoms with Gasteiger partial charge in [-0.25, -0.2) is 4.85 Å². The highest BCUT2D eigenvalue weighted by Gasteiger charge is 2.34. The first-order valence-electron chi connectivity index (χ1n) is 26.9. The van der Waals surface area contributed by atoms with Crippen LogP contribution in [0.2, 0.25) is 0 Å². The van der Waals surface area contributed by atoms with Crippen molar-refractivity contribution in [1.82, 2.24) is 9.13 Å². The molecule has 0 unspecified atom stereocenters. The number of aromatic nitrogens is 2. The van der Waals surface area contributed by atoms with E-state index in [1.807, 2.05) is 78.9 Å². The van der Waals surface area contributed by atoms with Gasteiger partial charge >= 0.3 is 0 Å². The average molecular weight is 978 g/mol. The summed E-state index contributed by atoms with van der Waals surface area (Å²) in [6.45, 7) is 9.51. The van der Waals surface area contributed by atoms with E-state index in [4.69, 9.17) is 4.11 Å². The number of thiophene rings is 2. The van der Waals surface area contributed by atoms with Crippen LogP contribution in [0.4, 0.5) is 5.69 Å². The number of rotatable bonds is 5. The molecule has 0 spiro atoms. The Balaban J connectivity index is 1.24. The molecule has 16 aromatic rings. The number of nitrogens with zero attached hydrogens (tertiary/aromatic N) is 4. The van der Waals surface area contributed by atoms with Crippen LogP contribution in [0.15, 0.2) is 218 Å². The van der Waals surface area contributed by atoms with Gasteiger partial charge in [-0.15, -0.1) is 22.7 Å². The molecule has 0 atom stereocenters. The number of hydrogen-bond donors (Lipinski definition) is 0. The standard InChI is InChI=1S/C68H36N4S2/c1-70-62-57(40-21-7-3-8-22-40)52(38-69)63(58(41-23-9-4-10-24-41)65(62)71-53-31-17-29-46-42-25-11-12-26-43(42)47-30-18-32-54(71)61(47)60(46)53)72-64-49(36-35-48-44-27-13-15-33-55(44)73-67(48)64)59-50(39-19-5-2-6-20-39)37-51-45-28-14-16-34-56(45)74-68(51)66(59)72/h2-37H/i2D,5D,6D,19D,20D. The molecule has 0 N–H and O–H groups in total. The van der Waals surface area contributed by atoms with Gasteiger partial charge in [0.1, 0.15) is 6.07 Å². The fourth-order valence-electron chi connectivity index (χ4n) is 12.3. The van der Waals surface area contributed by atoms with Crippen molar-refractivity contribution in [3.05, 3.63) is 235 Å². The second-order valence-electron chi connectivity index (χ2n) is 18.8. The zero-order valence-corrected chi connectivity index (χ0v) is 40.6. The number of nitriles is 1. The summed E-state index contributed by atoms with van der Waals surface area (Å²) in [5.41, 5.74) is 8.30. The van der Waals surface area contributed by atoms with E-state index in [2.05, 4.69) is 129 Å². The van der Waals surface area contributed by atoms with E-state index in [1.54, 1.807) is 22.7 Å². The highest BCUT2D eigenvalue weighted by atomic mass is 32.1. The first-order valence-corrected chi connectivity index (χ1v) is 26.0. The molecular formula is C68H36N4S2. The second kappa shape index (κ2) is 15.5. The largest absolute Gasteiger partial charge is 0.318 e. The van der Waals surface area contributed by atoms with Crippen molar-refractivity contribution in [2.45, 2.75) is 0 Å². The van der Waals surface area contributed by atoms with E-state index in [1.165, 1.54) is 0 Å². The molecule has 74 heavy (non-hydrogen) atoms. The molecule has 0 bridgehead atoms. The maximum Gasteiger partial charge on any atom is 0.220 e. The van der Waals surface area contributed by atoms with E-state index in [9.17, 15) is 14.6 Å². The van der Waals surface area contributed by atoms with Gasteiger partial charge in [0.05, 0.1) is 61.8 Å². The van der Waals surface area contributed by atoms with Gasteiger partial charge in [0.25, 0.3) is 0 Å². The Bertz CT molecular complexity index is 5350. The summed E-state index contributed by atoms with van der Waals surface area (Å²) < 4.78 is 54.5. The normalized spacial score (nSPS) is 13.0. The summed E-state index contributed by atoms with van der Waals surface area (Å²) in [5.74, 6) is 0. The minimum absolute atomic E-state index is 0.0879. The lowest BCUT2D eigenvalue weighted by Crippen LogP contribution is -2.09. The highest BCUT2D eigenvalue weighted by molar-refractivity contribution is 7.27. The Morgan fingerprint density at radius 1 is 0.446 bits per heavy atom. The monoisotopic (exact) mass is 977 g/mol. The van der Waals surface area contributed by atoms with Crippen molar-refractivity contribution in [1.29, 1.82) is 5.26 Å². The molecular weight excluding hydrogens is 937 g/mol. The molecule has 4 aromatic heterocycles. The van der Waals surface area contributed by atoms with Crippen LogP contribution in [0.5, 0.6) is 0 Å². The van der Waals surface area contributed by atoms with Gasteiger partial charge in [-0.2, -0.15) is 5.26 Å². The summed E-state index contributed by atoms with van der Waals surface area (Å²) >= 11 is 3.29. The quantitative estimate of drug-likeness (QED) is 0.125. The van der Waals surface area contributed by atoms with E-state index >= 15 is 0 Å². The zero-order valence-electron chi connectivity index (χ0n) is 44.0. The van der Waals surface area contributed by atoms with Crippen molar-refractivity contribution >= 4 is 134 Å². The summed E-state index contributed by atoms with van der Waals surface area (Å²) in [4.78, 5) is 4.59. The molecule has 16 rings (SSSR count). The van der Waals surface area contributed by atoms with Gasteiger partial charge < -0.3 is 9.13 Å². The number of benzene rings is 12. The van der Waals surface area contributed by atoms with E-state index in [0.717, 1.165) is 106 Å². The summed E-state index contributed by atoms with van der Waals surface area (Å²) in [6, 6.07) is 64.9. The van der Waals surface area contributed by atoms with Gasteiger partial charge in [-0.05, 0) is 74.1 Å². The summed E-state index contributed by atoms with van der Waals surface area (Å²) in [7, 11) is 0. The maximum absolute atomic E-state index is 12.4. The molecule has 0 saturated carbocycles. The molecule has 0 aliphatic carbocycles. The molecule has 0 fully saturated rings. The molecule has 0 radical (unpaired) electrons. The summed E-state index contributed by atoms with van der Waals surface area (Å²) in [5, 5.41) is 24.4. The Morgan fingerprint density at radius 2 is 0.973 bits per heavy atom. The zero-order chi connectivity index (χ0) is 53.1. The predicted octanol–water partition coefficient (Wildman–Crippen LogP) is 19.8. The van der Waals surface area contributed by atoms with Crippen LogP contribution in [0.1, 0.15) is 12.4 Å². The minimum Gasteiger partial charge on any atom is -0.318 e. The van der Waals surface area contributed by atoms with Crippen molar-refractivity contribution in [3.8, 4) is 50.8 Å². The van der Waals surface area contributed by atoms with E-state index in [0.29, 0.717) is 44.7 Å². The van der Waals surface area contributed by atoms with Crippen LogP contribution in [-0.2, 0) is 0 Å². The summed E-state index contributed by atoms with van der Waals surface area (Å²) in [6.07, 6.45) is 0. The Labute approximate surface area is 438 Å². The Morgan fingerprint density at radius 3 is 1.58 bits per heavy atom. The lowest BCUT2D eigenvalue weighted by atomic mass is 9.88. The lowest BCUT2D eigenvalue weighted by molar-refractivity contribution is 1.14. The van der Waals surface area contributed by atoms with Gasteiger partial charge in [-0.1, -0.05) is 188 Å². The van der Waals surface area contributed by atoms with Crippen LogP contribution < -0.4 is 0 Å². The smallest absolute Gasteiger partial charge is 0.220 e. The molecule has 0 aliphatic rings. The van der Waals surface area contributed by atoms with Gasteiger partial charge in [0.2, 0.25) is 5.69 Å². The number of fused-ring (bicyclic) bond motifs is 14. The maximum atomic E-state index is 12.4. The molecule has 0 aliphatic heterocycles. The molecule has 4 nitrogen and oxygen atoms in total. The Kier molecular flexibility index (Phi) is 7.60. The van der Waals surface area contributed by atoms with Gasteiger partial charge in [-0.3, -0.25) is 0 Å². The molecule has 6 heteroatoms. The molecule has 0 amide bonds. The van der Waals surface area contributed by atoms with Crippen molar-refractivity contribution < 1.29 is 6.85 Å². The van der Waals surface area contributed by atoms with Gasteiger partial charge in [0.15, 0.2) is 0 Å². The third-order valence-corrected chi connectivity index (χ3v) is 17.6. The second-order valence-corrected chi connectivity index (χ2v) is 20.9. The van der Waals surface area contributed by atoms with Crippen LogP contribution in [0.3, 0.4) is 0 Å². The Hall–Kier alpha value is -9.56. The van der Waals surface area contributed by atoms with Crippen LogP contribution in [0.25, 0.3) is 155 Å². The first kappa shape index (κ1) is 36.4. The van der Waals surface area contributed by atoms with Crippen molar-refractivity contribution in [3.63, 3.8) is 0 Å². The minimum atomic E-state index is -0.470. The predicted molar refractivity (Wildman–Crippen MR) is 314 cm³/mol. The van der Waals surface area contributed by atoms with Crippen molar-refractivity contribution in [2.75, 3.05) is 0 Å². The van der Waals surface area contributed by atoms with Crippen LogP contribution in [0, 0.1) is 17.9 Å². The average Bonchev–Trinajstić information content (AvgIpc) is 3.22. The molecule has 0 saturated heterocycles. The van der Waals surface area contributed by atoms with Crippen LogP contribution >= 0.6 is 22.7 Å². The van der Waals surface area contributed by atoms with Crippen LogP contribution in [-0.4, -0.2) is 9.13 Å². The SMILES string of the molecule is [2H]c1c([2H])c([2H])c(-c2cc3c4ccccc4sc3c3c2c2ccc4c5ccccc5sc4c2n3-c2c(C#N)c(-c3ccccc3)c([N+]#[C-])c(-n3c4cccc5c6ccccc6c6cccc3c6c54)c2-c2ccccc2)c([2H])c1[2H]. The van der Waals surface area contributed by atoms with Gasteiger partial charge in [0, 0.05) is 63.6 Å². The lowest BCUT2D eigenvalue weighted by Gasteiger charge is -2.26. The topological polar surface area (TPSA) is 38.0 Å². The third kappa shape index (κ3) is 5.43. The highest BCUT2D eigenvalue weighted by Crippen LogP contribution is 2.56. The van der Waals surface area contributed by atoms with Crippen molar-refractivity contribution in [2.24, 2.45) is 0 Å². The molecule has 4 heterocycles. The molecule has 12 aromatic carbocycles. The third-order valence-electron chi connectivity index (χ3n) is 15.2. The number of hydrogen-bond acceptors (Lipinski definition) is 3.